The van der Waals surface area contributed by atoms with E-state index in [1.54, 1.807) is 12.1 Å². The van der Waals surface area contributed by atoms with Gasteiger partial charge in [-0.05, 0) is 25.5 Å². The summed E-state index contributed by atoms with van der Waals surface area (Å²) in [6.45, 7) is 3.82. The summed E-state index contributed by atoms with van der Waals surface area (Å²) in [4.78, 5) is 44.7. The van der Waals surface area contributed by atoms with Crippen LogP contribution in [0.3, 0.4) is 0 Å². The summed E-state index contributed by atoms with van der Waals surface area (Å²) in [6.07, 6.45) is 1.13. The number of benzene rings is 1. The molecule has 1 fully saturated rings. The van der Waals surface area contributed by atoms with E-state index in [1.165, 1.54) is 0 Å². The Balaban J connectivity index is 1.81. The predicted molar refractivity (Wildman–Crippen MR) is 98.5 cm³/mol. The van der Waals surface area contributed by atoms with Gasteiger partial charge in [-0.2, -0.15) is 4.98 Å². The average Bonchev–Trinajstić information content (AvgIpc) is 2.86. The molecule has 1 aliphatic heterocycles. The van der Waals surface area contributed by atoms with Crippen LogP contribution in [0.15, 0.2) is 34.2 Å². The third kappa shape index (κ3) is 3.50. The highest BCUT2D eigenvalue weighted by Crippen LogP contribution is 2.33. The van der Waals surface area contributed by atoms with Crippen LogP contribution in [0.25, 0.3) is 0 Å². The molecule has 0 aliphatic carbocycles. The third-order valence-corrected chi connectivity index (χ3v) is 5.19. The number of carbonyl (C=O) groups excluding carboxylic acids is 2. The molecule has 26 heavy (non-hydrogen) atoms. The number of thioether (sulfide) groups is 1. The molecule has 1 atom stereocenters. The van der Waals surface area contributed by atoms with Crippen LogP contribution in [0.2, 0.25) is 0 Å². The predicted octanol–water partition coefficient (Wildman–Crippen LogP) is 2.16. The largest absolute Gasteiger partial charge is 0.493 e. The number of anilines is 1. The first kappa shape index (κ1) is 18.2. The van der Waals surface area contributed by atoms with Crippen molar-refractivity contribution in [1.82, 2.24) is 9.97 Å². The quantitative estimate of drug-likeness (QED) is 0.615. The molecule has 0 spiro atoms. The first-order valence-corrected chi connectivity index (χ1v) is 9.21. The average molecular weight is 373 g/mol. The summed E-state index contributed by atoms with van der Waals surface area (Å²) in [5, 5.41) is 9.38. The maximum atomic E-state index is 12.6. The Kier molecular flexibility index (Phi) is 5.13. The lowest BCUT2D eigenvalue weighted by molar-refractivity contribution is -0.121. The normalized spacial score (nSPS) is 17.2. The van der Waals surface area contributed by atoms with Gasteiger partial charge in [0, 0.05) is 6.42 Å². The second-order valence-corrected chi connectivity index (χ2v) is 7.33. The second kappa shape index (κ2) is 7.33. The van der Waals surface area contributed by atoms with Crippen LogP contribution in [-0.2, 0) is 16.0 Å². The van der Waals surface area contributed by atoms with E-state index in [9.17, 15) is 19.5 Å². The van der Waals surface area contributed by atoms with Gasteiger partial charge in [-0.15, -0.1) is 0 Å². The van der Waals surface area contributed by atoms with Gasteiger partial charge in [-0.3, -0.25) is 14.4 Å². The van der Waals surface area contributed by atoms with Crippen molar-refractivity contribution in [2.24, 2.45) is 0 Å². The van der Waals surface area contributed by atoms with E-state index in [1.807, 2.05) is 26.0 Å². The lowest BCUT2D eigenvalue weighted by Gasteiger charge is -2.15. The molecule has 0 saturated carbocycles. The fourth-order valence-electron chi connectivity index (χ4n) is 2.79. The molecule has 1 aromatic heterocycles. The van der Waals surface area contributed by atoms with Crippen molar-refractivity contribution in [2.45, 2.75) is 43.5 Å². The van der Waals surface area contributed by atoms with Gasteiger partial charge in [-0.1, -0.05) is 42.8 Å². The van der Waals surface area contributed by atoms with Gasteiger partial charge >= 0.3 is 0 Å². The Morgan fingerprint density at radius 2 is 1.96 bits per heavy atom. The van der Waals surface area contributed by atoms with E-state index in [0.29, 0.717) is 18.5 Å². The number of imide groups is 1. The zero-order valence-electron chi connectivity index (χ0n) is 14.5. The number of hydrogen-bond acceptors (Lipinski definition) is 6. The van der Waals surface area contributed by atoms with Crippen molar-refractivity contribution in [3.05, 3.63) is 45.7 Å². The van der Waals surface area contributed by atoms with Gasteiger partial charge in [0.25, 0.3) is 5.56 Å². The Morgan fingerprint density at radius 3 is 2.58 bits per heavy atom. The number of aromatic amines is 1. The van der Waals surface area contributed by atoms with E-state index in [0.717, 1.165) is 22.2 Å². The lowest BCUT2D eigenvalue weighted by atomic mass is 10.2. The van der Waals surface area contributed by atoms with E-state index in [-0.39, 0.29) is 34.8 Å². The Morgan fingerprint density at radius 1 is 1.27 bits per heavy atom. The van der Waals surface area contributed by atoms with Crippen LogP contribution in [0.1, 0.15) is 30.9 Å². The smallest absolute Gasteiger partial charge is 0.258 e. The van der Waals surface area contributed by atoms with E-state index >= 15 is 0 Å². The standard InChI is InChI=1S/C18H19N3O4S/c1-3-4-12-15(23)19-18(20-16(12)24)26-13-9-14(22)21(17(13)25)11-7-5-10(2)6-8-11/h5-8,13H,3-4,9H2,1-2H3,(H2,19,20,23,24)/t13-/m0/s1. The summed E-state index contributed by atoms with van der Waals surface area (Å²) in [5.74, 6) is -0.987. The van der Waals surface area contributed by atoms with Gasteiger partial charge < -0.3 is 10.1 Å². The van der Waals surface area contributed by atoms with E-state index in [2.05, 4.69) is 9.97 Å². The lowest BCUT2D eigenvalue weighted by Crippen LogP contribution is -2.31. The van der Waals surface area contributed by atoms with Crippen molar-refractivity contribution in [2.75, 3.05) is 4.90 Å². The molecule has 7 nitrogen and oxygen atoms in total. The van der Waals surface area contributed by atoms with Crippen LogP contribution in [0.4, 0.5) is 5.69 Å². The maximum absolute atomic E-state index is 12.6. The van der Waals surface area contributed by atoms with Gasteiger partial charge in [0.2, 0.25) is 17.7 Å². The summed E-state index contributed by atoms with van der Waals surface area (Å²) in [7, 11) is 0. The molecular weight excluding hydrogens is 354 g/mol. The van der Waals surface area contributed by atoms with Crippen LogP contribution < -0.4 is 10.5 Å². The number of aromatic hydroxyl groups is 1. The molecule has 2 aromatic rings. The first-order valence-electron chi connectivity index (χ1n) is 8.33. The first-order chi connectivity index (χ1) is 12.4. The zero-order chi connectivity index (χ0) is 18.8. The van der Waals surface area contributed by atoms with Crippen molar-refractivity contribution in [1.29, 1.82) is 0 Å². The molecule has 136 valence electrons. The van der Waals surface area contributed by atoms with Crippen molar-refractivity contribution in [3.8, 4) is 5.88 Å². The highest BCUT2D eigenvalue weighted by Gasteiger charge is 2.40. The fraction of sp³-hybridized carbons (Fsp3) is 0.333. The molecule has 8 heteroatoms. The molecule has 2 heterocycles. The number of H-pyrrole nitrogens is 1. The Labute approximate surface area is 154 Å². The molecule has 0 bridgehead atoms. The molecule has 1 saturated heterocycles. The molecule has 1 aliphatic rings. The van der Waals surface area contributed by atoms with Gasteiger partial charge in [0.05, 0.1) is 11.3 Å². The van der Waals surface area contributed by atoms with E-state index < -0.39 is 10.8 Å². The minimum absolute atomic E-state index is 0.0125. The third-order valence-electron chi connectivity index (χ3n) is 4.12. The van der Waals surface area contributed by atoms with Crippen molar-refractivity contribution in [3.63, 3.8) is 0 Å². The topological polar surface area (TPSA) is 103 Å². The zero-order valence-corrected chi connectivity index (χ0v) is 15.3. The molecule has 1 aromatic carbocycles. The van der Waals surface area contributed by atoms with Gasteiger partial charge in [0.15, 0.2) is 5.16 Å². The summed E-state index contributed by atoms with van der Waals surface area (Å²) < 4.78 is 0. The Hall–Kier alpha value is -2.61. The van der Waals surface area contributed by atoms with Crippen molar-refractivity contribution < 1.29 is 14.7 Å². The molecular formula is C18H19N3O4S. The number of aromatic nitrogens is 2. The monoisotopic (exact) mass is 373 g/mol. The van der Waals surface area contributed by atoms with Crippen LogP contribution in [0, 0.1) is 6.92 Å². The second-order valence-electron chi connectivity index (χ2n) is 6.14. The van der Waals surface area contributed by atoms with Crippen LogP contribution >= 0.6 is 11.8 Å². The minimum Gasteiger partial charge on any atom is -0.493 e. The summed E-state index contributed by atoms with van der Waals surface area (Å²) >= 11 is 0.981. The van der Waals surface area contributed by atoms with E-state index in [4.69, 9.17) is 0 Å². The highest BCUT2D eigenvalue weighted by molar-refractivity contribution is 8.00. The number of carbonyl (C=O) groups is 2. The SMILES string of the molecule is CCCc1c(O)nc(S[C@H]2CC(=O)N(c3ccc(C)cc3)C2=O)[nH]c1=O. The number of amides is 2. The molecule has 0 radical (unpaired) electrons. The molecule has 2 amide bonds. The molecule has 0 unspecified atom stereocenters. The van der Waals surface area contributed by atoms with Crippen molar-refractivity contribution >= 4 is 29.3 Å². The summed E-state index contributed by atoms with van der Waals surface area (Å²) in [5.41, 5.74) is 1.36. The molecule has 3 rings (SSSR count). The number of nitrogens with one attached hydrogen (secondary N) is 1. The number of nitrogens with zero attached hydrogens (tertiary/aromatic N) is 2. The number of rotatable bonds is 5. The maximum Gasteiger partial charge on any atom is 0.258 e. The highest BCUT2D eigenvalue weighted by atomic mass is 32.2. The number of hydrogen-bond donors (Lipinski definition) is 2. The van der Waals surface area contributed by atoms with Gasteiger partial charge in [0.1, 0.15) is 5.25 Å². The Bertz CT molecular complexity index is 908. The van der Waals surface area contributed by atoms with Crippen LogP contribution in [0.5, 0.6) is 5.88 Å². The van der Waals surface area contributed by atoms with Gasteiger partial charge in [-0.25, -0.2) is 4.90 Å². The van der Waals surface area contributed by atoms with Crippen LogP contribution in [-0.4, -0.2) is 32.1 Å². The minimum atomic E-state index is -0.691. The fourth-order valence-corrected chi connectivity index (χ4v) is 3.79. The molecule has 2 N–H and O–H groups in total. The number of aryl methyl sites for hydroxylation is 1. The summed E-state index contributed by atoms with van der Waals surface area (Å²) in [6, 6.07) is 7.12.